The second-order valence-electron chi connectivity index (χ2n) is 4.23. The Bertz CT molecular complexity index is 505. The summed E-state index contributed by atoms with van der Waals surface area (Å²) in [5, 5.41) is 11.1. The minimum absolute atomic E-state index is 0.0369. The average Bonchev–Trinajstić information content (AvgIpc) is 2.80. The Hall–Kier alpha value is -0.480. The van der Waals surface area contributed by atoms with E-state index in [9.17, 15) is 0 Å². The van der Waals surface area contributed by atoms with Crippen LogP contribution in [0.1, 0.15) is 23.6 Å². The molecule has 2 aromatic rings. The zero-order valence-electron chi connectivity index (χ0n) is 9.78. The van der Waals surface area contributed by atoms with E-state index < -0.39 is 3.79 Å². The number of alkyl halides is 3. The van der Waals surface area contributed by atoms with Gasteiger partial charge in [0.1, 0.15) is 0 Å². The van der Waals surface area contributed by atoms with Gasteiger partial charge < -0.3 is 0 Å². The molecule has 3 nitrogen and oxygen atoms in total. The first-order valence-electron chi connectivity index (χ1n) is 5.61. The maximum absolute atomic E-state index is 5.91. The van der Waals surface area contributed by atoms with Crippen molar-refractivity contribution >= 4 is 46.4 Å². The fourth-order valence-corrected chi connectivity index (χ4v) is 2.58. The lowest BCUT2D eigenvalue weighted by molar-refractivity contribution is 0.622. The lowest BCUT2D eigenvalue weighted by Gasteiger charge is -2.21. The molecule has 0 saturated carbocycles. The predicted octanol–water partition coefficient (Wildman–Crippen LogP) is 4.54. The summed E-state index contributed by atoms with van der Waals surface area (Å²) in [6.07, 6.45) is 2.71. The fraction of sp³-hybridized carbons (Fsp3) is 0.333. The second kappa shape index (κ2) is 6.31. The van der Waals surface area contributed by atoms with Crippen molar-refractivity contribution in [2.75, 3.05) is 0 Å². The molecule has 102 valence electrons. The molecular weight excluding hydrogens is 328 g/mol. The highest BCUT2D eigenvalue weighted by Crippen LogP contribution is 2.38. The van der Waals surface area contributed by atoms with Gasteiger partial charge in [-0.2, -0.15) is 15.4 Å². The van der Waals surface area contributed by atoms with E-state index in [4.69, 9.17) is 46.4 Å². The van der Waals surface area contributed by atoms with Crippen LogP contribution in [0.4, 0.5) is 0 Å². The van der Waals surface area contributed by atoms with Crippen LogP contribution >= 0.6 is 46.4 Å². The predicted molar refractivity (Wildman–Crippen MR) is 79.2 cm³/mol. The molecule has 19 heavy (non-hydrogen) atoms. The van der Waals surface area contributed by atoms with Crippen molar-refractivity contribution in [1.82, 2.24) is 15.4 Å². The third-order valence-electron chi connectivity index (χ3n) is 2.74. The van der Waals surface area contributed by atoms with Crippen molar-refractivity contribution in [3.63, 3.8) is 0 Å². The SMILES string of the molecule is Clc1ccc(C(Cc2cn[nH]n2)CC(Cl)(Cl)Cl)cc1. The van der Waals surface area contributed by atoms with Crippen molar-refractivity contribution in [1.29, 1.82) is 0 Å². The summed E-state index contributed by atoms with van der Waals surface area (Å²) in [6, 6.07) is 7.52. The lowest BCUT2D eigenvalue weighted by atomic mass is 9.92. The second-order valence-corrected chi connectivity index (χ2v) is 7.19. The number of hydrogen-bond acceptors (Lipinski definition) is 2. The van der Waals surface area contributed by atoms with E-state index in [1.54, 1.807) is 6.20 Å². The molecule has 7 heteroatoms. The van der Waals surface area contributed by atoms with Crippen molar-refractivity contribution in [3.8, 4) is 0 Å². The van der Waals surface area contributed by atoms with Gasteiger partial charge in [-0.05, 0) is 23.6 Å². The van der Waals surface area contributed by atoms with Gasteiger partial charge in [-0.15, -0.1) is 0 Å². The van der Waals surface area contributed by atoms with Crippen LogP contribution in [0, 0.1) is 0 Å². The Labute approximate surface area is 131 Å². The first-order chi connectivity index (χ1) is 8.94. The molecule has 1 aromatic heterocycles. The van der Waals surface area contributed by atoms with Gasteiger partial charge in [-0.1, -0.05) is 58.5 Å². The normalized spacial score (nSPS) is 13.5. The zero-order valence-corrected chi connectivity index (χ0v) is 12.8. The smallest absolute Gasteiger partial charge is 0.191 e. The minimum atomic E-state index is -1.31. The van der Waals surface area contributed by atoms with Gasteiger partial charge in [-0.3, -0.25) is 0 Å². The van der Waals surface area contributed by atoms with Gasteiger partial charge in [0.25, 0.3) is 0 Å². The van der Waals surface area contributed by atoms with Crippen LogP contribution in [0.25, 0.3) is 0 Å². The van der Waals surface area contributed by atoms with Gasteiger partial charge in [0.05, 0.1) is 11.9 Å². The summed E-state index contributed by atoms with van der Waals surface area (Å²) in [5.74, 6) is 0.0369. The lowest BCUT2D eigenvalue weighted by Crippen LogP contribution is -2.13. The number of aromatic nitrogens is 3. The maximum Gasteiger partial charge on any atom is 0.191 e. The highest BCUT2D eigenvalue weighted by Gasteiger charge is 2.27. The van der Waals surface area contributed by atoms with E-state index in [1.807, 2.05) is 24.3 Å². The zero-order chi connectivity index (χ0) is 13.9. The summed E-state index contributed by atoms with van der Waals surface area (Å²) < 4.78 is -1.31. The molecule has 0 spiro atoms. The monoisotopic (exact) mass is 337 g/mol. The van der Waals surface area contributed by atoms with Gasteiger partial charge in [-0.25, -0.2) is 0 Å². The van der Waals surface area contributed by atoms with Crippen molar-refractivity contribution < 1.29 is 0 Å². The molecule has 0 radical (unpaired) electrons. The fourth-order valence-electron chi connectivity index (χ4n) is 1.90. The van der Waals surface area contributed by atoms with Crippen LogP contribution < -0.4 is 0 Å². The number of H-pyrrole nitrogens is 1. The minimum Gasteiger partial charge on any atom is -0.198 e. The van der Waals surface area contributed by atoms with E-state index in [2.05, 4.69) is 15.4 Å². The largest absolute Gasteiger partial charge is 0.198 e. The van der Waals surface area contributed by atoms with Gasteiger partial charge in [0, 0.05) is 17.9 Å². The van der Waals surface area contributed by atoms with Crippen LogP contribution in [0.15, 0.2) is 30.5 Å². The average molecular weight is 339 g/mol. The van der Waals surface area contributed by atoms with E-state index in [1.165, 1.54) is 0 Å². The first-order valence-corrected chi connectivity index (χ1v) is 7.12. The number of nitrogens with zero attached hydrogens (tertiary/aromatic N) is 2. The Morgan fingerprint density at radius 2 is 1.84 bits per heavy atom. The van der Waals surface area contributed by atoms with Crippen LogP contribution in [-0.4, -0.2) is 19.2 Å². The summed E-state index contributed by atoms with van der Waals surface area (Å²) in [5.41, 5.74) is 1.88. The van der Waals surface area contributed by atoms with Crippen molar-refractivity contribution in [3.05, 3.63) is 46.7 Å². The molecular formula is C12H11Cl4N3. The molecule has 0 fully saturated rings. The highest BCUT2D eigenvalue weighted by atomic mass is 35.6. The third-order valence-corrected chi connectivity index (χ3v) is 3.45. The van der Waals surface area contributed by atoms with Crippen molar-refractivity contribution in [2.24, 2.45) is 0 Å². The quantitative estimate of drug-likeness (QED) is 0.831. The summed E-state index contributed by atoms with van der Waals surface area (Å²) in [4.78, 5) is 0. The molecule has 0 aliphatic rings. The molecule has 1 unspecified atom stereocenters. The Balaban J connectivity index is 2.20. The van der Waals surface area contributed by atoms with Crippen LogP contribution in [-0.2, 0) is 6.42 Å². The number of halogens is 4. The topological polar surface area (TPSA) is 41.6 Å². The third kappa shape index (κ3) is 4.84. The summed E-state index contributed by atoms with van der Waals surface area (Å²) >= 11 is 23.6. The number of hydrogen-bond donors (Lipinski definition) is 1. The van der Waals surface area contributed by atoms with Crippen LogP contribution in [0.2, 0.25) is 5.02 Å². The number of rotatable bonds is 4. The Kier molecular flexibility index (Phi) is 4.96. The number of nitrogens with one attached hydrogen (secondary N) is 1. The van der Waals surface area contributed by atoms with Crippen LogP contribution in [0.5, 0.6) is 0 Å². The maximum atomic E-state index is 5.91. The molecule has 0 aliphatic carbocycles. The highest BCUT2D eigenvalue weighted by molar-refractivity contribution is 6.67. The molecule has 0 saturated heterocycles. The number of benzene rings is 1. The molecule has 1 heterocycles. The Morgan fingerprint density at radius 1 is 1.16 bits per heavy atom. The summed E-state index contributed by atoms with van der Waals surface area (Å²) in [7, 11) is 0. The van der Waals surface area contributed by atoms with Crippen molar-refractivity contribution in [2.45, 2.75) is 22.6 Å². The molecule has 0 aliphatic heterocycles. The van der Waals surface area contributed by atoms with E-state index in [-0.39, 0.29) is 5.92 Å². The molecule has 1 atom stereocenters. The van der Waals surface area contributed by atoms with E-state index in [0.717, 1.165) is 11.3 Å². The number of aromatic amines is 1. The van der Waals surface area contributed by atoms with E-state index >= 15 is 0 Å². The molecule has 0 bridgehead atoms. The summed E-state index contributed by atoms with van der Waals surface area (Å²) in [6.45, 7) is 0. The molecule has 1 N–H and O–H groups in total. The molecule has 1 aromatic carbocycles. The van der Waals surface area contributed by atoms with Crippen LogP contribution in [0.3, 0.4) is 0 Å². The van der Waals surface area contributed by atoms with Gasteiger partial charge >= 0.3 is 0 Å². The molecule has 2 rings (SSSR count). The van der Waals surface area contributed by atoms with Gasteiger partial charge in [0.15, 0.2) is 3.79 Å². The van der Waals surface area contributed by atoms with Gasteiger partial charge in [0.2, 0.25) is 0 Å². The first kappa shape index (κ1) is 14.9. The standard InChI is InChI=1S/C12H11Cl4N3/c13-10-3-1-8(2-4-10)9(6-12(14,15)16)5-11-7-17-19-18-11/h1-4,7,9H,5-6H2,(H,17,18,19). The molecule has 0 amide bonds. The Morgan fingerprint density at radius 3 is 2.37 bits per heavy atom. The van der Waals surface area contributed by atoms with E-state index in [0.29, 0.717) is 17.9 Å².